The van der Waals surface area contributed by atoms with Crippen molar-refractivity contribution in [2.24, 2.45) is 5.92 Å². The summed E-state index contributed by atoms with van der Waals surface area (Å²) in [6, 6.07) is 10.7. The van der Waals surface area contributed by atoms with Crippen molar-refractivity contribution in [3.8, 4) is 5.75 Å². The quantitative estimate of drug-likeness (QED) is 0.635. The Morgan fingerprint density at radius 3 is 2.47 bits per heavy atom. The van der Waals surface area contributed by atoms with Crippen molar-refractivity contribution in [2.45, 2.75) is 45.8 Å². The Hall–Kier alpha value is -2.67. The maximum Gasteiger partial charge on any atom is 0.318 e. The number of amides is 2. The van der Waals surface area contributed by atoms with Crippen LogP contribution in [0.25, 0.3) is 0 Å². The molecular weight excluding hydrogens is 412 g/mol. The van der Waals surface area contributed by atoms with E-state index >= 15 is 0 Å². The number of nitrogens with one attached hydrogen (secondary N) is 1. The number of carbonyl (C=O) groups excluding carboxylic acids is 1. The lowest BCUT2D eigenvalue weighted by molar-refractivity contribution is 0.127. The van der Waals surface area contributed by atoms with Crippen LogP contribution in [0, 0.1) is 17.6 Å². The number of rotatable bonds is 8. The van der Waals surface area contributed by atoms with Gasteiger partial charge in [-0.15, -0.1) is 0 Å². The number of carbonyl (C=O) groups is 1. The molecule has 1 heterocycles. The van der Waals surface area contributed by atoms with E-state index in [1.54, 1.807) is 29.2 Å². The van der Waals surface area contributed by atoms with Crippen molar-refractivity contribution in [3.05, 3.63) is 65.2 Å². The van der Waals surface area contributed by atoms with Gasteiger partial charge in [-0.05, 0) is 62.7 Å². The third kappa shape index (κ3) is 6.92. The van der Waals surface area contributed by atoms with Gasteiger partial charge in [-0.25, -0.2) is 13.6 Å². The third-order valence-corrected chi connectivity index (χ3v) is 5.69. The highest BCUT2D eigenvalue weighted by atomic mass is 19.1. The predicted octanol–water partition coefficient (Wildman–Crippen LogP) is 4.81. The summed E-state index contributed by atoms with van der Waals surface area (Å²) in [5.41, 5.74) is 1.26. The van der Waals surface area contributed by atoms with Crippen molar-refractivity contribution in [1.29, 1.82) is 0 Å². The Labute approximate surface area is 189 Å². The molecule has 174 valence electrons. The number of halogens is 2. The summed E-state index contributed by atoms with van der Waals surface area (Å²) >= 11 is 0. The normalized spacial score (nSPS) is 15.1. The van der Waals surface area contributed by atoms with Gasteiger partial charge in [-0.1, -0.05) is 32.0 Å². The van der Waals surface area contributed by atoms with Gasteiger partial charge in [0.2, 0.25) is 0 Å². The van der Waals surface area contributed by atoms with Gasteiger partial charge in [0.05, 0.1) is 6.61 Å². The molecule has 1 N–H and O–H groups in total. The SMILES string of the molecule is CC(C)COc1ccc(CNC(=O)N(Cc2ccc(F)cc2)C2CCN(C)CC2)c(F)c1. The first-order valence-electron chi connectivity index (χ1n) is 11.2. The molecule has 0 aliphatic carbocycles. The van der Waals surface area contributed by atoms with E-state index in [0.717, 1.165) is 31.5 Å². The van der Waals surface area contributed by atoms with E-state index in [2.05, 4.69) is 17.3 Å². The average molecular weight is 446 g/mol. The van der Waals surface area contributed by atoms with Crippen LogP contribution in [0.1, 0.15) is 37.8 Å². The number of piperidine rings is 1. The molecule has 32 heavy (non-hydrogen) atoms. The molecule has 7 heteroatoms. The molecular formula is C25H33F2N3O2. The molecule has 0 radical (unpaired) electrons. The molecule has 0 saturated carbocycles. The highest BCUT2D eigenvalue weighted by molar-refractivity contribution is 5.74. The maximum atomic E-state index is 14.5. The maximum absolute atomic E-state index is 14.5. The summed E-state index contributed by atoms with van der Waals surface area (Å²) < 4.78 is 33.4. The molecule has 1 saturated heterocycles. The number of hydrogen-bond acceptors (Lipinski definition) is 3. The van der Waals surface area contributed by atoms with Crippen LogP contribution < -0.4 is 10.1 Å². The van der Waals surface area contributed by atoms with E-state index in [4.69, 9.17) is 4.74 Å². The second-order valence-electron chi connectivity index (χ2n) is 8.91. The standard InChI is InChI=1S/C25H33F2N3O2/c1-18(2)17-32-23-9-6-20(24(27)14-23)15-28-25(31)30(22-10-12-29(3)13-11-22)16-19-4-7-21(26)8-5-19/h4-9,14,18,22H,10-13,15-17H2,1-3H3,(H,28,31). The number of likely N-dealkylation sites (tertiary alicyclic amines) is 1. The van der Waals surface area contributed by atoms with Crippen LogP contribution in [0.2, 0.25) is 0 Å². The van der Waals surface area contributed by atoms with Gasteiger partial charge >= 0.3 is 6.03 Å². The van der Waals surface area contributed by atoms with Crippen molar-refractivity contribution in [2.75, 3.05) is 26.7 Å². The Balaban J connectivity index is 1.65. The lowest BCUT2D eigenvalue weighted by atomic mass is 10.0. The van der Waals surface area contributed by atoms with E-state index in [9.17, 15) is 13.6 Å². The van der Waals surface area contributed by atoms with E-state index in [1.165, 1.54) is 18.2 Å². The molecule has 0 aromatic heterocycles. The predicted molar refractivity (Wildman–Crippen MR) is 121 cm³/mol. The lowest BCUT2D eigenvalue weighted by Crippen LogP contribution is -2.49. The summed E-state index contributed by atoms with van der Waals surface area (Å²) in [5.74, 6) is 0.121. The van der Waals surface area contributed by atoms with E-state index in [-0.39, 0.29) is 24.4 Å². The van der Waals surface area contributed by atoms with Crippen molar-refractivity contribution in [1.82, 2.24) is 15.1 Å². The first-order chi connectivity index (χ1) is 15.3. The first kappa shape index (κ1) is 24.0. The Bertz CT molecular complexity index is 881. The zero-order valence-corrected chi connectivity index (χ0v) is 19.1. The van der Waals surface area contributed by atoms with Crippen molar-refractivity contribution >= 4 is 6.03 Å². The van der Waals surface area contributed by atoms with Crippen molar-refractivity contribution < 1.29 is 18.3 Å². The fourth-order valence-corrected chi connectivity index (χ4v) is 3.76. The van der Waals surface area contributed by atoms with E-state index in [0.29, 0.717) is 30.4 Å². The van der Waals surface area contributed by atoms with Crippen LogP contribution >= 0.6 is 0 Å². The van der Waals surface area contributed by atoms with Gasteiger partial charge in [0, 0.05) is 30.8 Å². The number of urea groups is 1. The van der Waals surface area contributed by atoms with Crippen LogP contribution in [0.4, 0.5) is 13.6 Å². The molecule has 0 bridgehead atoms. The molecule has 2 aromatic carbocycles. The summed E-state index contributed by atoms with van der Waals surface area (Å²) in [5, 5.41) is 2.87. The molecule has 1 aliphatic rings. The molecule has 0 atom stereocenters. The van der Waals surface area contributed by atoms with Gasteiger partial charge in [-0.3, -0.25) is 0 Å². The summed E-state index contributed by atoms with van der Waals surface area (Å²) in [6.07, 6.45) is 1.72. The molecule has 3 rings (SSSR count). The minimum atomic E-state index is -0.407. The largest absolute Gasteiger partial charge is 0.493 e. The van der Waals surface area contributed by atoms with Crippen molar-refractivity contribution in [3.63, 3.8) is 0 Å². The van der Waals surface area contributed by atoms with Gasteiger partial charge < -0.3 is 19.9 Å². The number of benzene rings is 2. The van der Waals surface area contributed by atoms with E-state index in [1.807, 2.05) is 13.8 Å². The fraction of sp³-hybridized carbons (Fsp3) is 0.480. The minimum absolute atomic E-state index is 0.0768. The van der Waals surface area contributed by atoms with Gasteiger partial charge in [-0.2, -0.15) is 0 Å². The van der Waals surface area contributed by atoms with Crippen LogP contribution in [-0.4, -0.2) is 48.6 Å². The number of ether oxygens (including phenoxy) is 1. The number of hydrogen-bond donors (Lipinski definition) is 1. The first-order valence-corrected chi connectivity index (χ1v) is 11.2. The lowest BCUT2D eigenvalue weighted by Gasteiger charge is -2.37. The van der Waals surface area contributed by atoms with Crippen LogP contribution in [0.3, 0.4) is 0 Å². The van der Waals surface area contributed by atoms with E-state index < -0.39 is 5.82 Å². The van der Waals surface area contributed by atoms with Crippen LogP contribution in [0.5, 0.6) is 5.75 Å². The smallest absolute Gasteiger partial charge is 0.318 e. The zero-order valence-electron chi connectivity index (χ0n) is 19.1. The molecule has 2 aromatic rings. The van der Waals surface area contributed by atoms with Gasteiger partial charge in [0.15, 0.2) is 0 Å². The molecule has 0 unspecified atom stereocenters. The van der Waals surface area contributed by atoms with Crippen LogP contribution in [-0.2, 0) is 13.1 Å². The summed E-state index contributed by atoms with van der Waals surface area (Å²) in [6.45, 7) is 6.86. The monoisotopic (exact) mass is 445 g/mol. The number of nitrogens with zero attached hydrogens (tertiary/aromatic N) is 2. The molecule has 5 nitrogen and oxygen atoms in total. The third-order valence-electron chi connectivity index (χ3n) is 5.69. The highest BCUT2D eigenvalue weighted by Gasteiger charge is 2.27. The second kappa shape index (κ2) is 11.3. The van der Waals surface area contributed by atoms with Gasteiger partial charge in [0.25, 0.3) is 0 Å². The Morgan fingerprint density at radius 2 is 1.84 bits per heavy atom. The summed E-state index contributed by atoms with van der Waals surface area (Å²) in [4.78, 5) is 17.1. The molecule has 1 fully saturated rings. The average Bonchev–Trinajstić information content (AvgIpc) is 2.77. The molecule has 1 aliphatic heterocycles. The zero-order chi connectivity index (χ0) is 23.1. The van der Waals surface area contributed by atoms with Crippen LogP contribution in [0.15, 0.2) is 42.5 Å². The highest BCUT2D eigenvalue weighted by Crippen LogP contribution is 2.20. The summed E-state index contributed by atoms with van der Waals surface area (Å²) in [7, 11) is 2.07. The molecule has 0 spiro atoms. The Morgan fingerprint density at radius 1 is 1.16 bits per heavy atom. The Kier molecular flexibility index (Phi) is 8.45. The minimum Gasteiger partial charge on any atom is -0.493 e. The fourth-order valence-electron chi connectivity index (χ4n) is 3.76. The second-order valence-corrected chi connectivity index (χ2v) is 8.91. The van der Waals surface area contributed by atoms with Gasteiger partial charge in [0.1, 0.15) is 17.4 Å². The molecule has 2 amide bonds. The topological polar surface area (TPSA) is 44.8 Å².